The quantitative estimate of drug-likeness (QED) is 0.615. The fourth-order valence-electron chi connectivity index (χ4n) is 1.12. The van der Waals surface area contributed by atoms with Gasteiger partial charge >= 0.3 is 11.9 Å². The highest BCUT2D eigenvalue weighted by Crippen LogP contribution is 2.22. The normalized spacial score (nSPS) is 24.9. The zero-order valence-electron chi connectivity index (χ0n) is 8.27. The highest BCUT2D eigenvalue weighted by molar-refractivity contribution is 5.68. The summed E-state index contributed by atoms with van der Waals surface area (Å²) in [5, 5.41) is 0. The first kappa shape index (κ1) is 10.6. The summed E-state index contributed by atoms with van der Waals surface area (Å²) in [5.41, 5.74) is 0. The van der Waals surface area contributed by atoms with Gasteiger partial charge in [-0.3, -0.25) is 9.59 Å². The largest absolute Gasteiger partial charge is 0.490 e. The summed E-state index contributed by atoms with van der Waals surface area (Å²) in [6.07, 6.45) is 0.337. The third-order valence-corrected chi connectivity index (χ3v) is 1.66. The molecule has 0 bridgehead atoms. The fourth-order valence-corrected chi connectivity index (χ4v) is 1.12. The molecule has 0 aromatic rings. The molecule has 1 rings (SSSR count). The molecule has 0 N–H and O–H groups in total. The van der Waals surface area contributed by atoms with Crippen molar-refractivity contribution in [2.75, 3.05) is 0 Å². The van der Waals surface area contributed by atoms with Crippen LogP contribution in [0.15, 0.2) is 12.0 Å². The molecule has 78 valence electrons. The molecule has 0 spiro atoms. The minimum Gasteiger partial charge on any atom is -0.490 e. The Hall–Kier alpha value is -1.52. The van der Waals surface area contributed by atoms with E-state index in [0.29, 0.717) is 0 Å². The maximum Gasteiger partial charge on any atom is 0.307 e. The summed E-state index contributed by atoms with van der Waals surface area (Å²) in [7, 11) is 0. The topological polar surface area (TPSA) is 61.8 Å². The van der Waals surface area contributed by atoms with Crippen LogP contribution < -0.4 is 0 Å². The highest BCUT2D eigenvalue weighted by atomic mass is 16.6. The van der Waals surface area contributed by atoms with Crippen molar-refractivity contribution in [3.05, 3.63) is 12.0 Å². The summed E-state index contributed by atoms with van der Waals surface area (Å²) in [6, 6.07) is 0. The lowest BCUT2D eigenvalue weighted by Gasteiger charge is -2.16. The van der Waals surface area contributed by atoms with Gasteiger partial charge in [-0.05, 0) is 6.92 Å². The van der Waals surface area contributed by atoms with Gasteiger partial charge in [-0.1, -0.05) is 0 Å². The van der Waals surface area contributed by atoms with Gasteiger partial charge in [0.25, 0.3) is 0 Å². The number of hydrogen-bond donors (Lipinski definition) is 0. The summed E-state index contributed by atoms with van der Waals surface area (Å²) in [6.45, 7) is 4.28. The Morgan fingerprint density at radius 3 is 2.50 bits per heavy atom. The Morgan fingerprint density at radius 1 is 1.36 bits per heavy atom. The van der Waals surface area contributed by atoms with Crippen LogP contribution in [0, 0.1) is 0 Å². The van der Waals surface area contributed by atoms with Crippen molar-refractivity contribution in [3.63, 3.8) is 0 Å². The van der Waals surface area contributed by atoms with Crippen molar-refractivity contribution < 1.29 is 23.8 Å². The second-order valence-electron chi connectivity index (χ2n) is 2.99. The molecule has 0 radical (unpaired) electrons. The van der Waals surface area contributed by atoms with Crippen LogP contribution >= 0.6 is 0 Å². The minimum atomic E-state index is -0.628. The number of carbonyl (C=O) groups excluding carboxylic acids is 2. The van der Waals surface area contributed by atoms with Crippen molar-refractivity contribution in [1.82, 2.24) is 0 Å². The van der Waals surface area contributed by atoms with Gasteiger partial charge in [-0.15, -0.1) is 0 Å². The predicted molar refractivity (Wildman–Crippen MR) is 46.0 cm³/mol. The number of hydrogen-bond acceptors (Lipinski definition) is 5. The van der Waals surface area contributed by atoms with E-state index >= 15 is 0 Å². The lowest BCUT2D eigenvalue weighted by atomic mass is 10.2. The molecule has 1 aliphatic heterocycles. The Kier molecular flexibility index (Phi) is 3.11. The zero-order chi connectivity index (χ0) is 10.7. The molecule has 0 fully saturated rings. The van der Waals surface area contributed by atoms with Crippen LogP contribution in [0.4, 0.5) is 0 Å². The van der Waals surface area contributed by atoms with E-state index in [-0.39, 0.29) is 11.9 Å². The van der Waals surface area contributed by atoms with Gasteiger partial charge in [-0.2, -0.15) is 0 Å². The minimum absolute atomic E-state index is 0.236. The van der Waals surface area contributed by atoms with E-state index in [1.165, 1.54) is 20.1 Å². The summed E-state index contributed by atoms with van der Waals surface area (Å²) >= 11 is 0. The molecule has 0 amide bonds. The van der Waals surface area contributed by atoms with Crippen LogP contribution in [0.5, 0.6) is 0 Å². The van der Waals surface area contributed by atoms with E-state index < -0.39 is 18.0 Å². The average molecular weight is 200 g/mol. The van der Waals surface area contributed by atoms with Crippen molar-refractivity contribution in [1.29, 1.82) is 0 Å². The van der Waals surface area contributed by atoms with Crippen molar-refractivity contribution in [3.8, 4) is 0 Å². The van der Waals surface area contributed by atoms with Crippen molar-refractivity contribution in [2.24, 2.45) is 0 Å². The number of ether oxygens (including phenoxy) is 3. The Labute approximate surface area is 81.6 Å². The van der Waals surface area contributed by atoms with Gasteiger partial charge in [0, 0.05) is 13.8 Å². The van der Waals surface area contributed by atoms with Crippen molar-refractivity contribution in [2.45, 2.75) is 33.0 Å². The fraction of sp³-hybridized carbons (Fsp3) is 0.556. The van der Waals surface area contributed by atoms with Crippen LogP contribution in [0.25, 0.3) is 0 Å². The molecule has 5 nitrogen and oxygen atoms in total. The second-order valence-corrected chi connectivity index (χ2v) is 2.99. The highest BCUT2D eigenvalue weighted by Gasteiger charge is 2.33. The van der Waals surface area contributed by atoms with Crippen LogP contribution in [-0.2, 0) is 23.8 Å². The first-order valence-corrected chi connectivity index (χ1v) is 4.22. The van der Waals surface area contributed by atoms with E-state index in [0.717, 1.165) is 0 Å². The summed E-state index contributed by atoms with van der Waals surface area (Å²) < 4.78 is 14.8. The standard InChI is InChI=1S/C9H12O5/c1-5-9(14-7(3)11)8(4-12-5)13-6(2)10/h4-5,9H,1-3H3/t5-,9-/m1/s1. The molecule has 1 heterocycles. The van der Waals surface area contributed by atoms with Gasteiger partial charge in [0.15, 0.2) is 11.9 Å². The molecule has 0 aromatic carbocycles. The molecule has 5 heteroatoms. The lowest BCUT2D eigenvalue weighted by molar-refractivity contribution is -0.152. The van der Waals surface area contributed by atoms with Crippen LogP contribution in [0.2, 0.25) is 0 Å². The smallest absolute Gasteiger partial charge is 0.307 e. The Bertz CT molecular complexity index is 281. The summed E-state index contributed by atoms with van der Waals surface area (Å²) in [5.74, 6) is -0.670. The third-order valence-electron chi connectivity index (χ3n) is 1.66. The summed E-state index contributed by atoms with van der Waals surface area (Å²) in [4.78, 5) is 21.4. The first-order chi connectivity index (χ1) is 6.50. The number of carbonyl (C=O) groups is 2. The molecule has 2 atom stereocenters. The van der Waals surface area contributed by atoms with Gasteiger partial charge in [-0.25, -0.2) is 0 Å². The van der Waals surface area contributed by atoms with Crippen molar-refractivity contribution >= 4 is 11.9 Å². The van der Waals surface area contributed by atoms with Crippen LogP contribution in [0.3, 0.4) is 0 Å². The van der Waals surface area contributed by atoms with E-state index in [2.05, 4.69) is 0 Å². The molecule has 0 aromatic heterocycles. The zero-order valence-corrected chi connectivity index (χ0v) is 8.27. The van der Waals surface area contributed by atoms with Crippen LogP contribution in [-0.4, -0.2) is 24.1 Å². The van der Waals surface area contributed by atoms with E-state index in [1.54, 1.807) is 6.92 Å². The maximum atomic E-state index is 10.7. The first-order valence-electron chi connectivity index (χ1n) is 4.22. The van der Waals surface area contributed by atoms with Gasteiger partial charge in [0.1, 0.15) is 12.4 Å². The molecule has 0 unspecified atom stereocenters. The Balaban J connectivity index is 2.64. The molecule has 0 aliphatic carbocycles. The maximum absolute atomic E-state index is 10.7. The van der Waals surface area contributed by atoms with Gasteiger partial charge in [0.05, 0.1) is 0 Å². The SMILES string of the molecule is CC(=O)OC1=CO[C@H](C)[C@H]1OC(C)=O. The molecular weight excluding hydrogens is 188 g/mol. The predicted octanol–water partition coefficient (Wildman–Crippen LogP) is 0.741. The van der Waals surface area contributed by atoms with Gasteiger partial charge < -0.3 is 14.2 Å². The van der Waals surface area contributed by atoms with Gasteiger partial charge in [0.2, 0.25) is 0 Å². The average Bonchev–Trinajstić information content (AvgIpc) is 2.34. The lowest BCUT2D eigenvalue weighted by Crippen LogP contribution is -2.28. The van der Waals surface area contributed by atoms with E-state index in [9.17, 15) is 9.59 Å². The molecule has 0 saturated carbocycles. The number of esters is 2. The van der Waals surface area contributed by atoms with E-state index in [1.807, 2.05) is 0 Å². The molecule has 0 saturated heterocycles. The Morgan fingerprint density at radius 2 is 2.00 bits per heavy atom. The molecule has 1 aliphatic rings. The second kappa shape index (κ2) is 4.13. The van der Waals surface area contributed by atoms with Crippen LogP contribution in [0.1, 0.15) is 20.8 Å². The third kappa shape index (κ3) is 2.48. The number of rotatable bonds is 2. The molecule has 14 heavy (non-hydrogen) atoms. The monoisotopic (exact) mass is 200 g/mol. The molecular formula is C9H12O5. The van der Waals surface area contributed by atoms with E-state index in [4.69, 9.17) is 14.2 Å².